The normalized spacial score (nSPS) is 11.7. The van der Waals surface area contributed by atoms with E-state index in [1.165, 1.54) is 6.07 Å². The lowest BCUT2D eigenvalue weighted by Crippen LogP contribution is -2.09. The third kappa shape index (κ3) is 2.39. The third-order valence-electron chi connectivity index (χ3n) is 2.02. The maximum absolute atomic E-state index is 12.4. The Morgan fingerprint density at radius 1 is 1.25 bits per heavy atom. The van der Waals surface area contributed by atoms with Gasteiger partial charge in [-0.05, 0) is 23.8 Å². The van der Waals surface area contributed by atoms with E-state index in [0.717, 1.165) is 12.3 Å². The first-order valence-corrected chi connectivity index (χ1v) is 4.55. The van der Waals surface area contributed by atoms with E-state index in [1.807, 2.05) is 0 Å². The zero-order valence-electron chi connectivity index (χ0n) is 8.15. The molecule has 0 amide bonds. The van der Waals surface area contributed by atoms with E-state index in [2.05, 4.69) is 10.1 Å². The van der Waals surface area contributed by atoms with Gasteiger partial charge in [0.05, 0.1) is 6.54 Å². The van der Waals surface area contributed by atoms with Crippen molar-refractivity contribution in [1.29, 1.82) is 0 Å². The fourth-order valence-corrected chi connectivity index (χ4v) is 1.31. The van der Waals surface area contributed by atoms with Crippen molar-refractivity contribution in [3.05, 3.63) is 48.0 Å². The van der Waals surface area contributed by atoms with Crippen LogP contribution in [0.25, 0.3) is 0 Å². The van der Waals surface area contributed by atoms with Gasteiger partial charge >= 0.3 is 6.18 Å². The van der Waals surface area contributed by atoms with Crippen molar-refractivity contribution in [3.63, 3.8) is 0 Å². The van der Waals surface area contributed by atoms with Crippen LogP contribution in [0.5, 0.6) is 0 Å². The summed E-state index contributed by atoms with van der Waals surface area (Å²) in [6, 6.07) is 4.28. The van der Waals surface area contributed by atoms with Crippen molar-refractivity contribution in [1.82, 2.24) is 14.8 Å². The molecule has 2 aromatic heterocycles. The molecule has 6 heteroatoms. The lowest BCUT2D eigenvalue weighted by atomic mass is 10.2. The molecule has 0 aliphatic carbocycles. The summed E-state index contributed by atoms with van der Waals surface area (Å²) in [5, 5.41) is 3.92. The third-order valence-corrected chi connectivity index (χ3v) is 2.02. The molecule has 0 unspecified atom stereocenters. The van der Waals surface area contributed by atoms with Gasteiger partial charge in [-0.2, -0.15) is 18.3 Å². The molecule has 0 aliphatic heterocycles. The Morgan fingerprint density at radius 2 is 2.06 bits per heavy atom. The lowest BCUT2D eigenvalue weighted by molar-refractivity contribution is -0.141. The van der Waals surface area contributed by atoms with Crippen molar-refractivity contribution in [3.8, 4) is 0 Å². The number of aromatic nitrogens is 3. The molecule has 16 heavy (non-hydrogen) atoms. The van der Waals surface area contributed by atoms with Crippen LogP contribution in [0.1, 0.15) is 11.3 Å². The average Bonchev–Trinajstić information content (AvgIpc) is 2.70. The molecule has 0 aliphatic rings. The second kappa shape index (κ2) is 3.96. The van der Waals surface area contributed by atoms with Gasteiger partial charge < -0.3 is 0 Å². The molecule has 0 bridgehead atoms. The van der Waals surface area contributed by atoms with E-state index >= 15 is 0 Å². The van der Waals surface area contributed by atoms with Crippen molar-refractivity contribution in [2.75, 3.05) is 0 Å². The predicted molar refractivity (Wildman–Crippen MR) is 50.6 cm³/mol. The summed E-state index contributed by atoms with van der Waals surface area (Å²) in [4.78, 5) is 3.29. The Morgan fingerprint density at radius 3 is 2.69 bits per heavy atom. The number of pyridine rings is 1. The van der Waals surface area contributed by atoms with Crippen LogP contribution in [0.4, 0.5) is 13.2 Å². The SMILES string of the molecule is FC(F)(F)c1cc(Cn2cccn2)ccn1. The fraction of sp³-hybridized carbons (Fsp3) is 0.200. The monoisotopic (exact) mass is 227 g/mol. The topological polar surface area (TPSA) is 30.7 Å². The second-order valence-corrected chi connectivity index (χ2v) is 3.25. The fourth-order valence-electron chi connectivity index (χ4n) is 1.31. The second-order valence-electron chi connectivity index (χ2n) is 3.25. The first-order chi connectivity index (χ1) is 7.55. The van der Waals surface area contributed by atoms with Gasteiger partial charge in [0, 0.05) is 18.6 Å². The number of rotatable bonds is 2. The summed E-state index contributed by atoms with van der Waals surface area (Å²) in [7, 11) is 0. The van der Waals surface area contributed by atoms with Gasteiger partial charge in [-0.15, -0.1) is 0 Å². The minimum atomic E-state index is -4.40. The summed E-state index contributed by atoms with van der Waals surface area (Å²) in [5.41, 5.74) is -0.358. The van der Waals surface area contributed by atoms with Crippen molar-refractivity contribution < 1.29 is 13.2 Å². The zero-order chi connectivity index (χ0) is 11.6. The molecule has 0 fully saturated rings. The van der Waals surface area contributed by atoms with Crippen LogP contribution in [0.3, 0.4) is 0 Å². The molecule has 0 saturated carbocycles. The smallest absolute Gasteiger partial charge is 0.268 e. The highest BCUT2D eigenvalue weighted by molar-refractivity contribution is 5.18. The van der Waals surface area contributed by atoms with Gasteiger partial charge in [0.2, 0.25) is 0 Å². The quantitative estimate of drug-likeness (QED) is 0.788. The molecule has 2 rings (SSSR count). The Labute approximate surface area is 89.5 Å². The molecule has 0 aromatic carbocycles. The van der Waals surface area contributed by atoms with Crippen molar-refractivity contribution in [2.45, 2.75) is 12.7 Å². The first-order valence-electron chi connectivity index (χ1n) is 4.55. The van der Waals surface area contributed by atoms with Crippen LogP contribution in [0.15, 0.2) is 36.8 Å². The predicted octanol–water partition coefficient (Wildman–Crippen LogP) is 2.35. The Balaban J connectivity index is 2.23. The highest BCUT2D eigenvalue weighted by Gasteiger charge is 2.32. The zero-order valence-corrected chi connectivity index (χ0v) is 8.15. The van der Waals surface area contributed by atoms with Crippen LogP contribution in [0.2, 0.25) is 0 Å². The Hall–Kier alpha value is -1.85. The number of hydrogen-bond acceptors (Lipinski definition) is 2. The van der Waals surface area contributed by atoms with Crippen LogP contribution < -0.4 is 0 Å². The highest BCUT2D eigenvalue weighted by atomic mass is 19.4. The van der Waals surface area contributed by atoms with Gasteiger partial charge in [0.15, 0.2) is 0 Å². The molecule has 2 aromatic rings. The number of halogens is 3. The van der Waals surface area contributed by atoms with E-state index in [1.54, 1.807) is 23.1 Å². The molecule has 0 atom stereocenters. The van der Waals surface area contributed by atoms with E-state index in [-0.39, 0.29) is 0 Å². The average molecular weight is 227 g/mol. The number of nitrogens with zero attached hydrogens (tertiary/aromatic N) is 3. The van der Waals surface area contributed by atoms with Crippen LogP contribution in [-0.4, -0.2) is 14.8 Å². The van der Waals surface area contributed by atoms with Crippen molar-refractivity contribution in [2.24, 2.45) is 0 Å². The van der Waals surface area contributed by atoms with Gasteiger partial charge in [0.1, 0.15) is 5.69 Å². The molecule has 84 valence electrons. The van der Waals surface area contributed by atoms with Gasteiger partial charge in [0.25, 0.3) is 0 Å². The van der Waals surface area contributed by atoms with Crippen LogP contribution in [0, 0.1) is 0 Å². The Bertz CT molecular complexity index is 462. The minimum absolute atomic E-state index is 0.304. The summed E-state index contributed by atoms with van der Waals surface area (Å²) in [5.74, 6) is 0. The van der Waals surface area contributed by atoms with E-state index in [4.69, 9.17) is 0 Å². The van der Waals surface area contributed by atoms with Crippen LogP contribution in [-0.2, 0) is 12.7 Å². The number of alkyl halides is 3. The first kappa shape index (κ1) is 10.7. The molecule has 0 radical (unpaired) electrons. The summed E-state index contributed by atoms with van der Waals surface area (Å²) < 4.78 is 38.6. The maximum Gasteiger partial charge on any atom is 0.433 e. The lowest BCUT2D eigenvalue weighted by Gasteiger charge is -2.07. The molecule has 0 saturated heterocycles. The van der Waals surface area contributed by atoms with E-state index in [0.29, 0.717) is 12.1 Å². The number of hydrogen-bond donors (Lipinski definition) is 0. The van der Waals surface area contributed by atoms with Gasteiger partial charge in [-0.3, -0.25) is 9.67 Å². The summed E-state index contributed by atoms with van der Waals surface area (Å²) in [6.07, 6.45) is 0.0152. The molecule has 2 heterocycles. The van der Waals surface area contributed by atoms with Gasteiger partial charge in [-0.25, -0.2) is 0 Å². The van der Waals surface area contributed by atoms with Crippen molar-refractivity contribution >= 4 is 0 Å². The molecular weight excluding hydrogens is 219 g/mol. The largest absolute Gasteiger partial charge is 0.433 e. The molecule has 0 spiro atoms. The summed E-state index contributed by atoms with van der Waals surface area (Å²) in [6.45, 7) is 0.304. The minimum Gasteiger partial charge on any atom is -0.268 e. The van der Waals surface area contributed by atoms with Gasteiger partial charge in [-0.1, -0.05) is 0 Å². The molecule has 0 N–H and O–H groups in total. The van der Waals surface area contributed by atoms with E-state index in [9.17, 15) is 13.2 Å². The molecule has 3 nitrogen and oxygen atoms in total. The molecular formula is C10H8F3N3. The Kier molecular flexibility index (Phi) is 2.64. The van der Waals surface area contributed by atoms with E-state index < -0.39 is 11.9 Å². The highest BCUT2D eigenvalue weighted by Crippen LogP contribution is 2.27. The maximum atomic E-state index is 12.4. The van der Waals surface area contributed by atoms with Crippen LogP contribution >= 0.6 is 0 Å². The summed E-state index contributed by atoms with van der Waals surface area (Å²) >= 11 is 0. The standard InChI is InChI=1S/C10H8F3N3/c11-10(12,13)9-6-8(2-4-14-9)7-16-5-1-3-15-16/h1-6H,7H2.